The summed E-state index contributed by atoms with van der Waals surface area (Å²) in [5.41, 5.74) is 5.19. The SMILES string of the molecule is Cc1ccc(CCc2ccc3cc(-c4ccc(C)c(F)c4F)ccc3c2)cc1. The molecule has 0 aliphatic carbocycles. The largest absolute Gasteiger partial charge is 0.203 e. The van der Waals surface area contributed by atoms with Crippen LogP contribution < -0.4 is 0 Å². The number of rotatable bonds is 4. The highest BCUT2D eigenvalue weighted by atomic mass is 19.2. The minimum atomic E-state index is -0.783. The monoisotopic (exact) mass is 372 g/mol. The minimum absolute atomic E-state index is 0.299. The van der Waals surface area contributed by atoms with E-state index in [4.69, 9.17) is 0 Å². The van der Waals surface area contributed by atoms with Crippen LogP contribution in [0, 0.1) is 25.5 Å². The molecule has 0 amide bonds. The van der Waals surface area contributed by atoms with Crippen LogP contribution in [0.4, 0.5) is 8.78 Å². The van der Waals surface area contributed by atoms with Crippen molar-refractivity contribution in [2.75, 3.05) is 0 Å². The Labute approximate surface area is 164 Å². The van der Waals surface area contributed by atoms with Gasteiger partial charge in [0.1, 0.15) is 0 Å². The lowest BCUT2D eigenvalue weighted by molar-refractivity contribution is 0.505. The molecule has 4 rings (SSSR count). The molecule has 2 heteroatoms. The Kier molecular flexibility index (Phi) is 4.95. The van der Waals surface area contributed by atoms with Gasteiger partial charge in [-0.2, -0.15) is 0 Å². The maximum Gasteiger partial charge on any atom is 0.166 e. The Bertz CT molecular complexity index is 1140. The first-order valence-electron chi connectivity index (χ1n) is 9.54. The molecule has 0 aliphatic heterocycles. The summed E-state index contributed by atoms with van der Waals surface area (Å²) in [5, 5.41) is 2.13. The van der Waals surface area contributed by atoms with Crippen molar-refractivity contribution in [1.82, 2.24) is 0 Å². The van der Waals surface area contributed by atoms with E-state index in [1.165, 1.54) is 16.7 Å². The van der Waals surface area contributed by atoms with E-state index in [1.54, 1.807) is 19.1 Å². The summed E-state index contributed by atoms with van der Waals surface area (Å²) in [6.07, 6.45) is 1.97. The number of halogens is 2. The molecular weight excluding hydrogens is 350 g/mol. The molecular formula is C26H22F2. The maximum absolute atomic E-state index is 14.3. The first-order chi connectivity index (χ1) is 13.5. The number of benzene rings is 4. The molecule has 4 aromatic rings. The van der Waals surface area contributed by atoms with Crippen molar-refractivity contribution in [3.05, 3.63) is 107 Å². The Morgan fingerprint density at radius 1 is 0.607 bits per heavy atom. The maximum atomic E-state index is 14.3. The van der Waals surface area contributed by atoms with Crippen molar-refractivity contribution in [2.45, 2.75) is 26.7 Å². The number of aryl methyl sites for hydroxylation is 4. The van der Waals surface area contributed by atoms with E-state index in [2.05, 4.69) is 49.4 Å². The molecule has 140 valence electrons. The van der Waals surface area contributed by atoms with Crippen LogP contribution in [0.1, 0.15) is 22.3 Å². The van der Waals surface area contributed by atoms with Gasteiger partial charge in [-0.1, -0.05) is 72.3 Å². The lowest BCUT2D eigenvalue weighted by Crippen LogP contribution is -1.94. The fourth-order valence-electron chi connectivity index (χ4n) is 3.53. The van der Waals surface area contributed by atoms with Crippen molar-refractivity contribution >= 4 is 10.8 Å². The van der Waals surface area contributed by atoms with Crippen LogP contribution in [0.3, 0.4) is 0 Å². The Morgan fingerprint density at radius 3 is 2.04 bits per heavy atom. The third-order valence-corrected chi connectivity index (χ3v) is 5.31. The Hall–Kier alpha value is -3.00. The van der Waals surface area contributed by atoms with Gasteiger partial charge >= 0.3 is 0 Å². The summed E-state index contributed by atoms with van der Waals surface area (Å²) in [7, 11) is 0. The van der Waals surface area contributed by atoms with Gasteiger partial charge in [-0.05, 0) is 65.8 Å². The van der Waals surface area contributed by atoms with Crippen molar-refractivity contribution in [3.63, 3.8) is 0 Å². The topological polar surface area (TPSA) is 0 Å². The molecule has 0 radical (unpaired) electrons. The van der Waals surface area contributed by atoms with Gasteiger partial charge < -0.3 is 0 Å². The predicted molar refractivity (Wildman–Crippen MR) is 113 cm³/mol. The average molecular weight is 372 g/mol. The van der Waals surface area contributed by atoms with Crippen LogP contribution >= 0.6 is 0 Å². The molecule has 0 aromatic heterocycles. The fraction of sp³-hybridized carbons (Fsp3) is 0.154. The second-order valence-electron chi connectivity index (χ2n) is 7.44. The fourth-order valence-corrected chi connectivity index (χ4v) is 3.53. The van der Waals surface area contributed by atoms with Gasteiger partial charge in [0.25, 0.3) is 0 Å². The zero-order valence-electron chi connectivity index (χ0n) is 16.1. The van der Waals surface area contributed by atoms with E-state index in [-0.39, 0.29) is 0 Å². The van der Waals surface area contributed by atoms with E-state index in [9.17, 15) is 8.78 Å². The smallest absolute Gasteiger partial charge is 0.166 e. The van der Waals surface area contributed by atoms with E-state index in [1.807, 2.05) is 18.2 Å². The average Bonchev–Trinajstić information content (AvgIpc) is 2.71. The quantitative estimate of drug-likeness (QED) is 0.356. The molecule has 0 atom stereocenters. The van der Waals surface area contributed by atoms with Crippen LogP contribution in [0.25, 0.3) is 21.9 Å². The highest BCUT2D eigenvalue weighted by molar-refractivity contribution is 5.88. The standard InChI is InChI=1S/C26H22F2/c1-17-3-6-19(7-4-17)8-9-20-10-11-22-16-23(13-12-21(22)15-20)24-14-5-18(2)25(27)26(24)28/h3-7,10-16H,8-9H2,1-2H3. The number of fused-ring (bicyclic) bond motifs is 1. The molecule has 0 aliphatic rings. The molecule has 0 heterocycles. The van der Waals surface area contributed by atoms with Gasteiger partial charge in [0.05, 0.1) is 0 Å². The number of hydrogen-bond acceptors (Lipinski definition) is 0. The zero-order chi connectivity index (χ0) is 19.7. The summed E-state index contributed by atoms with van der Waals surface area (Å²) < 4.78 is 28.2. The van der Waals surface area contributed by atoms with Gasteiger partial charge in [-0.15, -0.1) is 0 Å². The molecule has 4 aromatic carbocycles. The van der Waals surface area contributed by atoms with Crippen molar-refractivity contribution in [1.29, 1.82) is 0 Å². The van der Waals surface area contributed by atoms with Crippen molar-refractivity contribution in [3.8, 4) is 11.1 Å². The van der Waals surface area contributed by atoms with E-state index in [0.717, 1.165) is 23.6 Å². The summed E-state index contributed by atoms with van der Waals surface area (Å²) in [4.78, 5) is 0. The van der Waals surface area contributed by atoms with Gasteiger partial charge in [0.2, 0.25) is 0 Å². The van der Waals surface area contributed by atoms with Crippen LogP contribution in [-0.2, 0) is 12.8 Å². The van der Waals surface area contributed by atoms with Crippen LogP contribution in [0.2, 0.25) is 0 Å². The Balaban J connectivity index is 1.59. The highest BCUT2D eigenvalue weighted by Crippen LogP contribution is 2.29. The van der Waals surface area contributed by atoms with Crippen LogP contribution in [0.5, 0.6) is 0 Å². The molecule has 0 saturated carbocycles. The Morgan fingerprint density at radius 2 is 1.25 bits per heavy atom. The normalized spacial score (nSPS) is 11.1. The molecule has 0 fully saturated rings. The van der Waals surface area contributed by atoms with E-state index >= 15 is 0 Å². The van der Waals surface area contributed by atoms with Gasteiger partial charge in [-0.25, -0.2) is 8.78 Å². The third-order valence-electron chi connectivity index (χ3n) is 5.31. The van der Waals surface area contributed by atoms with Gasteiger partial charge in [0, 0.05) is 5.56 Å². The molecule has 0 saturated heterocycles. The molecule has 0 N–H and O–H groups in total. The first-order valence-corrected chi connectivity index (χ1v) is 9.54. The summed E-state index contributed by atoms with van der Waals surface area (Å²) >= 11 is 0. The van der Waals surface area contributed by atoms with Crippen LogP contribution in [0.15, 0.2) is 72.8 Å². The minimum Gasteiger partial charge on any atom is -0.203 e. The van der Waals surface area contributed by atoms with E-state index in [0.29, 0.717) is 16.7 Å². The molecule has 0 spiro atoms. The van der Waals surface area contributed by atoms with Crippen LogP contribution in [-0.4, -0.2) is 0 Å². The second kappa shape index (κ2) is 7.55. The highest BCUT2D eigenvalue weighted by Gasteiger charge is 2.13. The lowest BCUT2D eigenvalue weighted by Gasteiger charge is -2.09. The predicted octanol–water partition coefficient (Wildman–Crippen LogP) is 7.19. The summed E-state index contributed by atoms with van der Waals surface area (Å²) in [5.74, 6) is -1.56. The first kappa shape index (κ1) is 18.4. The second-order valence-corrected chi connectivity index (χ2v) is 7.44. The zero-order valence-corrected chi connectivity index (χ0v) is 16.1. The molecule has 0 nitrogen and oxygen atoms in total. The molecule has 0 unspecified atom stereocenters. The van der Waals surface area contributed by atoms with Gasteiger partial charge in [0.15, 0.2) is 11.6 Å². The summed E-state index contributed by atoms with van der Waals surface area (Å²) in [6.45, 7) is 3.67. The van der Waals surface area contributed by atoms with E-state index < -0.39 is 11.6 Å². The molecule has 0 bridgehead atoms. The molecule has 28 heavy (non-hydrogen) atoms. The third kappa shape index (κ3) is 3.68. The van der Waals surface area contributed by atoms with Crippen molar-refractivity contribution < 1.29 is 8.78 Å². The summed E-state index contributed by atoms with van der Waals surface area (Å²) in [6, 6.07) is 24.0. The lowest BCUT2D eigenvalue weighted by atomic mass is 9.97. The van der Waals surface area contributed by atoms with Crippen molar-refractivity contribution in [2.24, 2.45) is 0 Å². The van der Waals surface area contributed by atoms with Gasteiger partial charge in [-0.3, -0.25) is 0 Å². The number of hydrogen-bond donors (Lipinski definition) is 0.